The number of benzene rings is 1. The molecule has 0 aliphatic rings. The Morgan fingerprint density at radius 3 is 2.54 bits per heavy atom. The monoisotopic (exact) mass is 375 g/mol. The molecule has 0 saturated heterocycles. The molecule has 1 N–H and O–H groups in total. The Labute approximate surface area is 160 Å². The molecular formula is C20H17N5O3. The Morgan fingerprint density at radius 2 is 1.93 bits per heavy atom. The Morgan fingerprint density at radius 1 is 1.11 bits per heavy atom. The summed E-state index contributed by atoms with van der Waals surface area (Å²) in [6, 6.07) is 12.2. The largest absolute Gasteiger partial charge is 0.466 e. The molecule has 1 aromatic carbocycles. The minimum atomic E-state index is -0.219. The number of hydrogen-bond donors (Lipinski definition) is 1. The molecule has 0 radical (unpaired) electrons. The number of nitrogens with one attached hydrogen (secondary N) is 1. The van der Waals surface area contributed by atoms with Crippen LogP contribution in [0.5, 0.6) is 11.6 Å². The van der Waals surface area contributed by atoms with Crippen LogP contribution in [0.15, 0.2) is 65.6 Å². The third-order valence-electron chi connectivity index (χ3n) is 4.02. The zero-order valence-corrected chi connectivity index (χ0v) is 15.3. The van der Waals surface area contributed by atoms with Crippen molar-refractivity contribution >= 4 is 11.6 Å². The summed E-state index contributed by atoms with van der Waals surface area (Å²) in [7, 11) is 0. The van der Waals surface area contributed by atoms with Gasteiger partial charge in [0.05, 0.1) is 5.56 Å². The molecule has 0 spiro atoms. The first-order chi connectivity index (χ1) is 13.6. The molecule has 28 heavy (non-hydrogen) atoms. The number of ether oxygens (including phenoxy) is 1. The number of carbonyl (C=O) groups is 1. The van der Waals surface area contributed by atoms with Crippen LogP contribution in [0.1, 0.15) is 21.9 Å². The second-order valence-electron chi connectivity index (χ2n) is 6.11. The van der Waals surface area contributed by atoms with Gasteiger partial charge in [-0.15, -0.1) is 10.2 Å². The Bertz CT molecular complexity index is 1080. The van der Waals surface area contributed by atoms with Gasteiger partial charge in [-0.2, -0.15) is 0 Å². The molecule has 140 valence electrons. The molecule has 3 aromatic heterocycles. The molecule has 0 bridgehead atoms. The normalized spacial score (nSPS) is 10.6. The van der Waals surface area contributed by atoms with E-state index in [2.05, 4.69) is 20.5 Å². The van der Waals surface area contributed by atoms with E-state index in [1.807, 2.05) is 0 Å². The molecule has 0 atom stereocenters. The van der Waals surface area contributed by atoms with Crippen LogP contribution in [-0.4, -0.2) is 25.7 Å². The highest BCUT2D eigenvalue weighted by Gasteiger charge is 2.13. The van der Waals surface area contributed by atoms with Gasteiger partial charge in [0.2, 0.25) is 5.88 Å². The van der Waals surface area contributed by atoms with Crippen LogP contribution in [0.25, 0.3) is 5.82 Å². The van der Waals surface area contributed by atoms with Crippen LogP contribution >= 0.6 is 0 Å². The van der Waals surface area contributed by atoms with Crippen molar-refractivity contribution in [2.24, 2.45) is 0 Å². The van der Waals surface area contributed by atoms with Gasteiger partial charge in [-0.05, 0) is 50.2 Å². The van der Waals surface area contributed by atoms with Gasteiger partial charge in [0, 0.05) is 24.1 Å². The van der Waals surface area contributed by atoms with Gasteiger partial charge in [0.25, 0.3) is 5.91 Å². The summed E-state index contributed by atoms with van der Waals surface area (Å²) in [6.07, 6.45) is 5.09. The molecule has 0 aliphatic heterocycles. The number of anilines is 1. The summed E-state index contributed by atoms with van der Waals surface area (Å²) < 4.78 is 12.8. The molecule has 0 unspecified atom stereocenters. The molecule has 8 nitrogen and oxygen atoms in total. The highest BCUT2D eigenvalue weighted by atomic mass is 16.5. The highest BCUT2D eigenvalue weighted by Crippen LogP contribution is 2.22. The zero-order valence-electron chi connectivity index (χ0n) is 15.3. The predicted molar refractivity (Wildman–Crippen MR) is 102 cm³/mol. The number of hydrogen-bond acceptors (Lipinski definition) is 6. The number of imidazole rings is 1. The molecule has 8 heteroatoms. The third-order valence-corrected chi connectivity index (χ3v) is 4.02. The fourth-order valence-corrected chi connectivity index (χ4v) is 2.68. The van der Waals surface area contributed by atoms with E-state index in [4.69, 9.17) is 9.15 Å². The lowest BCUT2D eigenvalue weighted by Gasteiger charge is -2.07. The van der Waals surface area contributed by atoms with Gasteiger partial charge < -0.3 is 14.5 Å². The van der Waals surface area contributed by atoms with E-state index in [9.17, 15) is 4.79 Å². The van der Waals surface area contributed by atoms with Crippen molar-refractivity contribution in [1.82, 2.24) is 19.7 Å². The number of aryl methyl sites for hydroxylation is 2. The fourth-order valence-electron chi connectivity index (χ4n) is 2.68. The summed E-state index contributed by atoms with van der Waals surface area (Å²) in [5, 5.41) is 11.0. The van der Waals surface area contributed by atoms with E-state index < -0.39 is 0 Å². The molecule has 3 heterocycles. The van der Waals surface area contributed by atoms with Gasteiger partial charge in [0.1, 0.15) is 23.6 Å². The van der Waals surface area contributed by atoms with Gasteiger partial charge in [-0.25, -0.2) is 4.98 Å². The average molecular weight is 375 g/mol. The van der Waals surface area contributed by atoms with Gasteiger partial charge in [-0.1, -0.05) is 0 Å². The highest BCUT2D eigenvalue weighted by molar-refractivity contribution is 6.05. The first-order valence-electron chi connectivity index (χ1n) is 8.57. The van der Waals surface area contributed by atoms with E-state index in [1.165, 1.54) is 0 Å². The summed E-state index contributed by atoms with van der Waals surface area (Å²) in [6.45, 7) is 3.57. The minimum absolute atomic E-state index is 0.219. The second kappa shape index (κ2) is 7.36. The number of furan rings is 1. The smallest absolute Gasteiger partial charge is 0.259 e. The maximum absolute atomic E-state index is 12.3. The Kier molecular flexibility index (Phi) is 4.59. The molecule has 0 saturated carbocycles. The lowest BCUT2D eigenvalue weighted by atomic mass is 10.2. The first-order valence-corrected chi connectivity index (χ1v) is 8.57. The van der Waals surface area contributed by atoms with Crippen LogP contribution in [0.3, 0.4) is 0 Å². The summed E-state index contributed by atoms with van der Waals surface area (Å²) in [5.74, 6) is 2.67. The number of rotatable bonds is 5. The van der Waals surface area contributed by atoms with Crippen molar-refractivity contribution in [1.29, 1.82) is 0 Å². The molecule has 0 fully saturated rings. The van der Waals surface area contributed by atoms with Crippen molar-refractivity contribution in [3.8, 4) is 17.4 Å². The fraction of sp³-hybridized carbons (Fsp3) is 0.100. The van der Waals surface area contributed by atoms with Crippen LogP contribution in [0.4, 0.5) is 5.69 Å². The van der Waals surface area contributed by atoms with Crippen LogP contribution in [0, 0.1) is 13.8 Å². The first kappa shape index (κ1) is 17.5. The standard InChI is InChI=1S/C20H17N5O3/c1-13-11-17(14(2)27-13)20(26)22-15-3-5-16(6-4-15)28-19-8-7-18(23-24-19)25-10-9-21-12-25/h3-12H,1-2H3,(H,22,26). The summed E-state index contributed by atoms with van der Waals surface area (Å²) >= 11 is 0. The van der Waals surface area contributed by atoms with Crippen molar-refractivity contribution in [3.63, 3.8) is 0 Å². The quantitative estimate of drug-likeness (QED) is 0.568. The van der Waals surface area contributed by atoms with Crippen LogP contribution < -0.4 is 10.1 Å². The van der Waals surface area contributed by atoms with Crippen LogP contribution in [-0.2, 0) is 0 Å². The molecule has 4 aromatic rings. The third kappa shape index (κ3) is 3.75. The van der Waals surface area contributed by atoms with Crippen molar-refractivity contribution in [2.75, 3.05) is 5.32 Å². The van der Waals surface area contributed by atoms with Crippen molar-refractivity contribution in [3.05, 3.63) is 78.3 Å². The second-order valence-corrected chi connectivity index (χ2v) is 6.11. The van der Waals surface area contributed by atoms with Gasteiger partial charge in [0.15, 0.2) is 5.82 Å². The number of aromatic nitrogens is 4. The topological polar surface area (TPSA) is 95.1 Å². The Hall–Kier alpha value is -3.94. The maximum atomic E-state index is 12.3. The maximum Gasteiger partial charge on any atom is 0.259 e. The predicted octanol–water partition coefficient (Wildman–Crippen LogP) is 3.92. The molecule has 0 aliphatic carbocycles. The van der Waals surface area contributed by atoms with E-state index in [-0.39, 0.29) is 5.91 Å². The summed E-state index contributed by atoms with van der Waals surface area (Å²) in [4.78, 5) is 16.3. The summed E-state index contributed by atoms with van der Waals surface area (Å²) in [5.41, 5.74) is 1.17. The van der Waals surface area contributed by atoms with E-state index in [0.29, 0.717) is 40.2 Å². The molecular weight excluding hydrogens is 358 g/mol. The zero-order chi connectivity index (χ0) is 19.5. The van der Waals surface area contributed by atoms with Crippen LogP contribution in [0.2, 0.25) is 0 Å². The average Bonchev–Trinajstić information content (AvgIpc) is 3.33. The lowest BCUT2D eigenvalue weighted by molar-refractivity contribution is 0.102. The number of carbonyl (C=O) groups excluding carboxylic acids is 1. The van der Waals surface area contributed by atoms with Gasteiger partial charge in [-0.3, -0.25) is 9.36 Å². The Balaban J connectivity index is 1.40. The van der Waals surface area contributed by atoms with E-state index >= 15 is 0 Å². The molecule has 1 amide bonds. The lowest BCUT2D eigenvalue weighted by Crippen LogP contribution is -2.11. The number of nitrogens with zero attached hydrogens (tertiary/aromatic N) is 4. The number of amides is 1. The molecule has 4 rings (SSSR count). The van der Waals surface area contributed by atoms with E-state index in [0.717, 1.165) is 0 Å². The minimum Gasteiger partial charge on any atom is -0.466 e. The van der Waals surface area contributed by atoms with E-state index in [1.54, 1.807) is 79.6 Å². The SMILES string of the molecule is Cc1cc(C(=O)Nc2ccc(Oc3ccc(-n4ccnc4)nn3)cc2)c(C)o1. The van der Waals surface area contributed by atoms with Crippen molar-refractivity contribution in [2.45, 2.75) is 13.8 Å². The van der Waals surface area contributed by atoms with Gasteiger partial charge >= 0.3 is 0 Å². The van der Waals surface area contributed by atoms with Crippen molar-refractivity contribution < 1.29 is 13.9 Å².